The molecule has 0 aliphatic heterocycles. The minimum absolute atomic E-state index is 0.0380. The number of esters is 1. The number of unbranched alkanes of at least 4 members (excludes halogenated alkanes) is 20. The van der Waals surface area contributed by atoms with Crippen LogP contribution in [0.4, 0.5) is 0 Å². The lowest BCUT2D eigenvalue weighted by Crippen LogP contribution is -2.47. The predicted molar refractivity (Wildman–Crippen MR) is 320 cm³/mol. The van der Waals surface area contributed by atoms with E-state index < -0.39 is 26.6 Å². The summed E-state index contributed by atoms with van der Waals surface area (Å²) in [5.74, 6) is -0.604. The molecular formula is C65H111N2O7P. The number of phosphoric ester groups is 1. The second-order valence-electron chi connectivity index (χ2n) is 20.8. The number of allylic oxidation sites excluding steroid dienone is 19. The molecule has 9 nitrogen and oxygen atoms in total. The van der Waals surface area contributed by atoms with Crippen LogP contribution in [-0.2, 0) is 27.9 Å². The lowest BCUT2D eigenvalue weighted by atomic mass is 10.0. The number of nitrogens with zero attached hydrogens (tertiary/aromatic N) is 1. The van der Waals surface area contributed by atoms with Crippen molar-refractivity contribution < 1.29 is 37.3 Å². The normalized spacial score (nSPS) is 14.6. The van der Waals surface area contributed by atoms with Gasteiger partial charge in [-0.05, 0) is 102 Å². The van der Waals surface area contributed by atoms with E-state index in [1.165, 1.54) is 57.8 Å². The quantitative estimate of drug-likeness (QED) is 0.0161. The number of ether oxygens (including phenoxy) is 1. The fraction of sp³-hybridized carbons (Fsp3) is 0.662. The van der Waals surface area contributed by atoms with Crippen molar-refractivity contribution in [1.82, 2.24) is 5.32 Å². The van der Waals surface area contributed by atoms with E-state index in [0.717, 1.165) is 122 Å². The summed E-state index contributed by atoms with van der Waals surface area (Å²) in [7, 11) is 1.13. The van der Waals surface area contributed by atoms with Crippen molar-refractivity contribution in [3.63, 3.8) is 0 Å². The molecule has 0 aromatic carbocycles. The number of hydrogen-bond acceptors (Lipinski definition) is 7. The summed E-state index contributed by atoms with van der Waals surface area (Å²) in [6.07, 6.45) is 74.5. The van der Waals surface area contributed by atoms with Crippen molar-refractivity contribution >= 4 is 19.7 Å². The summed E-state index contributed by atoms with van der Waals surface area (Å²) in [4.78, 5) is 39.9. The van der Waals surface area contributed by atoms with Gasteiger partial charge in [0.25, 0.3) is 7.82 Å². The molecule has 0 radical (unpaired) electrons. The van der Waals surface area contributed by atoms with Gasteiger partial charge in [0.15, 0.2) is 0 Å². The van der Waals surface area contributed by atoms with Gasteiger partial charge in [0.2, 0.25) is 5.91 Å². The third kappa shape index (κ3) is 55.0. The molecule has 0 heterocycles. The lowest BCUT2D eigenvalue weighted by molar-refractivity contribution is -0.870. The minimum atomic E-state index is -4.72. The topological polar surface area (TPSA) is 114 Å². The number of nitrogens with one attached hydrogen (secondary N) is 1. The number of rotatable bonds is 52. The fourth-order valence-corrected chi connectivity index (χ4v) is 8.60. The van der Waals surface area contributed by atoms with Gasteiger partial charge in [0.1, 0.15) is 19.3 Å². The average molecular weight is 1060 g/mol. The van der Waals surface area contributed by atoms with Gasteiger partial charge < -0.3 is 28.5 Å². The van der Waals surface area contributed by atoms with Crippen LogP contribution in [0.1, 0.15) is 226 Å². The zero-order valence-electron chi connectivity index (χ0n) is 48.7. The lowest BCUT2D eigenvalue weighted by Gasteiger charge is -2.30. The molecule has 0 aromatic rings. The van der Waals surface area contributed by atoms with Crippen LogP contribution in [0.25, 0.3) is 0 Å². The Kier molecular flexibility index (Phi) is 51.2. The molecule has 3 unspecified atom stereocenters. The van der Waals surface area contributed by atoms with E-state index in [1.807, 2.05) is 39.4 Å². The first-order valence-corrected chi connectivity index (χ1v) is 31.3. The highest BCUT2D eigenvalue weighted by molar-refractivity contribution is 7.45. The number of carbonyl (C=O) groups excluding carboxylic acids is 2. The number of quaternary nitrogens is 1. The molecule has 0 bridgehead atoms. The van der Waals surface area contributed by atoms with Gasteiger partial charge in [-0.3, -0.25) is 14.2 Å². The maximum absolute atomic E-state index is 13.5. The van der Waals surface area contributed by atoms with Crippen molar-refractivity contribution in [3.8, 4) is 0 Å². The number of carbonyl (C=O) groups is 2. The summed E-state index contributed by atoms with van der Waals surface area (Å²) in [6, 6.07) is -0.919. The van der Waals surface area contributed by atoms with Gasteiger partial charge >= 0.3 is 5.97 Å². The molecule has 1 amide bonds. The Morgan fingerprint density at radius 3 is 1.43 bits per heavy atom. The first-order chi connectivity index (χ1) is 36.4. The van der Waals surface area contributed by atoms with Gasteiger partial charge in [-0.25, -0.2) is 0 Å². The van der Waals surface area contributed by atoms with Crippen molar-refractivity contribution in [2.24, 2.45) is 0 Å². The van der Waals surface area contributed by atoms with Crippen LogP contribution < -0.4 is 10.2 Å². The molecule has 0 aromatic heterocycles. The Bertz CT molecular complexity index is 1700. The van der Waals surface area contributed by atoms with Crippen molar-refractivity contribution in [2.45, 2.75) is 238 Å². The number of phosphoric acid groups is 1. The first kappa shape index (κ1) is 71.4. The molecule has 0 saturated carbocycles. The van der Waals surface area contributed by atoms with Gasteiger partial charge in [-0.1, -0.05) is 233 Å². The SMILES string of the molecule is CC/C=C\C/C=C\C/C=C\C/C=C\C/C=C\C/C=C\CCCCCCC(=O)NC(COP(=O)([O-])OCC[N+](C)(C)C)C(/C=C\CCCCCCCCCCCCC)OC(=O)CCCCCCC\C=C/C=C/C=C/CC. The van der Waals surface area contributed by atoms with E-state index in [1.54, 1.807) is 0 Å². The summed E-state index contributed by atoms with van der Waals surface area (Å²) < 4.78 is 30.2. The van der Waals surface area contributed by atoms with Crippen molar-refractivity contribution in [3.05, 3.63) is 122 Å². The van der Waals surface area contributed by atoms with Gasteiger partial charge in [-0.15, -0.1) is 0 Å². The molecule has 0 saturated heterocycles. The standard InChI is InChI=1S/C65H111N2O7P/c1-7-10-13-16-19-22-25-28-29-30-31-32-33-34-35-36-37-40-42-45-48-51-54-57-64(68)66-62(61-73-75(70,71)72-60-59-67(4,5)6)63(56-53-50-47-44-41-38-26-23-20-17-14-11-8-2)74-65(69)58-55-52-49-46-43-39-27-24-21-18-15-12-9-3/h10,12-13,15,18-19,21-22,24,27-29,31-32,34-35,37,40,53,56,62-63H,7-9,11,14,16-17,20,23,25-26,30,33,36,38-39,41-52,54-55,57-61H2,1-6H3,(H-,66,68,70,71)/b13-10-,15-12+,21-18+,22-19-,27-24-,29-28-,32-31-,35-34-,40-37-,56-53-. The summed E-state index contributed by atoms with van der Waals surface area (Å²) in [5.41, 5.74) is 0. The second-order valence-corrected chi connectivity index (χ2v) is 22.2. The van der Waals surface area contributed by atoms with Gasteiger partial charge in [0, 0.05) is 12.8 Å². The largest absolute Gasteiger partial charge is 0.756 e. The Morgan fingerprint density at radius 2 is 0.920 bits per heavy atom. The smallest absolute Gasteiger partial charge is 0.306 e. The van der Waals surface area contributed by atoms with Gasteiger partial charge in [-0.2, -0.15) is 0 Å². The van der Waals surface area contributed by atoms with Crippen LogP contribution in [0.15, 0.2) is 122 Å². The van der Waals surface area contributed by atoms with E-state index in [9.17, 15) is 19.0 Å². The van der Waals surface area contributed by atoms with Crippen molar-refractivity contribution in [1.29, 1.82) is 0 Å². The Balaban J connectivity index is 5.35. The zero-order chi connectivity index (χ0) is 55.0. The maximum Gasteiger partial charge on any atom is 0.306 e. The number of hydrogen-bond donors (Lipinski definition) is 1. The van der Waals surface area contributed by atoms with E-state index >= 15 is 0 Å². The molecule has 0 spiro atoms. The number of amides is 1. The highest BCUT2D eigenvalue weighted by Crippen LogP contribution is 2.38. The highest BCUT2D eigenvalue weighted by atomic mass is 31.2. The number of likely N-dealkylation sites (N-methyl/N-ethyl adjacent to an activating group) is 1. The molecule has 0 aliphatic rings. The molecule has 75 heavy (non-hydrogen) atoms. The van der Waals surface area contributed by atoms with Crippen molar-refractivity contribution in [2.75, 3.05) is 40.9 Å². The maximum atomic E-state index is 13.5. The molecular weight excluding hydrogens is 952 g/mol. The summed E-state index contributed by atoms with van der Waals surface area (Å²) in [6.45, 7) is 6.54. The van der Waals surface area contributed by atoms with Crippen LogP contribution in [0.3, 0.4) is 0 Å². The predicted octanol–water partition coefficient (Wildman–Crippen LogP) is 17.7. The molecule has 0 aliphatic carbocycles. The van der Waals surface area contributed by atoms with Crippen LogP contribution in [0.2, 0.25) is 0 Å². The van der Waals surface area contributed by atoms with E-state index in [0.29, 0.717) is 23.9 Å². The van der Waals surface area contributed by atoms with Crippen LogP contribution in [-0.4, -0.2) is 69.4 Å². The molecule has 10 heteroatoms. The third-order valence-corrected chi connectivity index (χ3v) is 13.4. The minimum Gasteiger partial charge on any atom is -0.756 e. The Morgan fingerprint density at radius 1 is 0.493 bits per heavy atom. The summed E-state index contributed by atoms with van der Waals surface area (Å²) in [5, 5.41) is 3.00. The molecule has 428 valence electrons. The van der Waals surface area contributed by atoms with Gasteiger partial charge in [0.05, 0.1) is 33.8 Å². The van der Waals surface area contributed by atoms with Crippen LogP contribution in [0.5, 0.6) is 0 Å². The summed E-state index contributed by atoms with van der Waals surface area (Å²) >= 11 is 0. The second kappa shape index (κ2) is 53.8. The fourth-order valence-electron chi connectivity index (χ4n) is 7.88. The van der Waals surface area contributed by atoms with Crippen LogP contribution >= 0.6 is 7.82 Å². The third-order valence-electron chi connectivity index (χ3n) is 12.4. The highest BCUT2D eigenvalue weighted by Gasteiger charge is 2.27. The van der Waals surface area contributed by atoms with Crippen LogP contribution in [0, 0.1) is 0 Å². The monoisotopic (exact) mass is 1060 g/mol. The molecule has 0 rings (SSSR count). The Labute approximate surface area is 461 Å². The Hall–Kier alpha value is -3.59. The zero-order valence-corrected chi connectivity index (χ0v) is 49.6. The first-order valence-electron chi connectivity index (χ1n) is 29.9. The molecule has 1 N–H and O–H groups in total. The van der Waals surface area contributed by atoms with E-state index in [-0.39, 0.29) is 31.3 Å². The average Bonchev–Trinajstić information content (AvgIpc) is 3.37. The molecule has 3 atom stereocenters. The van der Waals surface area contributed by atoms with E-state index in [4.69, 9.17) is 13.8 Å². The van der Waals surface area contributed by atoms with E-state index in [2.05, 4.69) is 129 Å². The molecule has 0 fully saturated rings.